The molecule has 0 saturated carbocycles. The van der Waals surface area contributed by atoms with Gasteiger partial charge in [0.25, 0.3) is 5.69 Å². The molecule has 0 saturated heterocycles. The van der Waals surface area contributed by atoms with Crippen molar-refractivity contribution in [3.8, 4) is 0 Å². The van der Waals surface area contributed by atoms with E-state index in [1.165, 1.54) is 6.07 Å². The number of nitrogens with zero attached hydrogens (tertiary/aromatic N) is 1. The van der Waals surface area contributed by atoms with Gasteiger partial charge in [-0.05, 0) is 31.0 Å². The minimum absolute atomic E-state index is 0.0280. The molecule has 0 amide bonds. The summed E-state index contributed by atoms with van der Waals surface area (Å²) in [6.07, 6.45) is 0. The molecule has 0 unspecified atom stereocenters. The normalized spacial score (nSPS) is 9.92. The summed E-state index contributed by atoms with van der Waals surface area (Å²) in [6.45, 7) is 3.68. The zero-order valence-electron chi connectivity index (χ0n) is 6.80. The Morgan fingerprint density at radius 3 is 2.33 bits per heavy atom. The van der Waals surface area contributed by atoms with E-state index in [1.807, 2.05) is 13.8 Å². The van der Waals surface area contributed by atoms with Crippen molar-refractivity contribution in [2.75, 3.05) is 0 Å². The molecule has 12 heavy (non-hydrogen) atoms. The minimum atomic E-state index is -0.477. The Balaban J connectivity index is 3.33. The van der Waals surface area contributed by atoms with Crippen molar-refractivity contribution in [1.82, 2.24) is 0 Å². The molecule has 1 aromatic rings. The third-order valence-electron chi connectivity index (χ3n) is 1.76. The van der Waals surface area contributed by atoms with Crippen LogP contribution >= 0.6 is 11.6 Å². The first-order valence-corrected chi connectivity index (χ1v) is 3.81. The Hall–Kier alpha value is -1.09. The molecule has 0 aliphatic rings. The second kappa shape index (κ2) is 3.11. The van der Waals surface area contributed by atoms with Crippen molar-refractivity contribution in [3.63, 3.8) is 0 Å². The van der Waals surface area contributed by atoms with E-state index in [4.69, 9.17) is 11.6 Å². The third kappa shape index (κ3) is 1.56. The average molecular weight is 186 g/mol. The highest BCUT2D eigenvalue weighted by molar-refractivity contribution is 6.32. The second-order valence-electron chi connectivity index (χ2n) is 2.64. The van der Waals surface area contributed by atoms with Gasteiger partial charge in [0.1, 0.15) is 5.02 Å². The highest BCUT2D eigenvalue weighted by Crippen LogP contribution is 2.26. The van der Waals surface area contributed by atoms with E-state index in [2.05, 4.69) is 0 Å². The lowest BCUT2D eigenvalue weighted by molar-refractivity contribution is -0.384. The lowest BCUT2D eigenvalue weighted by Gasteiger charge is -2.00. The summed E-state index contributed by atoms with van der Waals surface area (Å²) in [5.41, 5.74) is 1.82. The Morgan fingerprint density at radius 1 is 1.33 bits per heavy atom. The van der Waals surface area contributed by atoms with Crippen LogP contribution in [0.3, 0.4) is 0 Å². The number of hydrogen-bond acceptors (Lipinski definition) is 2. The average Bonchev–Trinajstić information content (AvgIpc) is 1.96. The highest BCUT2D eigenvalue weighted by Gasteiger charge is 2.12. The van der Waals surface area contributed by atoms with Gasteiger partial charge in [0, 0.05) is 6.07 Å². The standard InChI is InChI=1S/C8H8ClNO2/c1-5-3-7(9)8(10(11)12)4-6(5)2/h3-4H,1-2H3. The van der Waals surface area contributed by atoms with Crippen molar-refractivity contribution in [1.29, 1.82) is 0 Å². The maximum atomic E-state index is 10.4. The lowest BCUT2D eigenvalue weighted by atomic mass is 10.1. The number of hydrogen-bond donors (Lipinski definition) is 0. The Bertz CT molecular complexity index is 336. The monoisotopic (exact) mass is 185 g/mol. The van der Waals surface area contributed by atoms with Crippen molar-refractivity contribution in [2.24, 2.45) is 0 Å². The summed E-state index contributed by atoms with van der Waals surface area (Å²) in [7, 11) is 0. The van der Waals surface area contributed by atoms with E-state index < -0.39 is 4.92 Å². The molecular formula is C8H8ClNO2. The molecule has 0 heterocycles. The summed E-state index contributed by atoms with van der Waals surface area (Å²) < 4.78 is 0. The molecule has 0 radical (unpaired) electrons. The molecule has 1 aromatic carbocycles. The van der Waals surface area contributed by atoms with E-state index >= 15 is 0 Å². The first kappa shape index (κ1) is 9.00. The van der Waals surface area contributed by atoms with Crippen molar-refractivity contribution >= 4 is 17.3 Å². The van der Waals surface area contributed by atoms with Gasteiger partial charge in [-0.1, -0.05) is 11.6 Å². The van der Waals surface area contributed by atoms with Crippen molar-refractivity contribution < 1.29 is 4.92 Å². The number of benzene rings is 1. The van der Waals surface area contributed by atoms with Gasteiger partial charge in [0.15, 0.2) is 0 Å². The smallest absolute Gasteiger partial charge is 0.258 e. The van der Waals surface area contributed by atoms with Gasteiger partial charge in [-0.3, -0.25) is 10.1 Å². The van der Waals surface area contributed by atoms with Crippen LogP contribution in [0.4, 0.5) is 5.69 Å². The summed E-state index contributed by atoms with van der Waals surface area (Å²) in [4.78, 5) is 9.93. The molecule has 0 spiro atoms. The second-order valence-corrected chi connectivity index (χ2v) is 3.05. The van der Waals surface area contributed by atoms with Crippen LogP contribution in [-0.2, 0) is 0 Å². The van der Waals surface area contributed by atoms with Gasteiger partial charge in [0.2, 0.25) is 0 Å². The fourth-order valence-corrected chi connectivity index (χ4v) is 1.19. The molecule has 1 rings (SSSR count). The fourth-order valence-electron chi connectivity index (χ4n) is 0.906. The highest BCUT2D eigenvalue weighted by atomic mass is 35.5. The van der Waals surface area contributed by atoms with Crippen LogP contribution in [0.1, 0.15) is 11.1 Å². The molecule has 3 nitrogen and oxygen atoms in total. The zero-order valence-corrected chi connectivity index (χ0v) is 7.55. The van der Waals surface area contributed by atoms with Crippen LogP contribution in [-0.4, -0.2) is 4.92 Å². The number of aryl methyl sites for hydroxylation is 2. The molecule has 0 bridgehead atoms. The van der Waals surface area contributed by atoms with Gasteiger partial charge >= 0.3 is 0 Å². The van der Waals surface area contributed by atoms with Gasteiger partial charge in [-0.2, -0.15) is 0 Å². The zero-order chi connectivity index (χ0) is 9.30. The van der Waals surface area contributed by atoms with E-state index in [-0.39, 0.29) is 10.7 Å². The van der Waals surface area contributed by atoms with E-state index in [1.54, 1.807) is 6.07 Å². The van der Waals surface area contributed by atoms with Crippen LogP contribution in [0.15, 0.2) is 12.1 Å². The predicted octanol–water partition coefficient (Wildman–Crippen LogP) is 2.87. The molecular weight excluding hydrogens is 178 g/mol. The molecule has 0 aliphatic heterocycles. The lowest BCUT2D eigenvalue weighted by Crippen LogP contribution is -1.91. The molecule has 0 aromatic heterocycles. The Kier molecular flexibility index (Phi) is 2.33. The van der Waals surface area contributed by atoms with E-state index in [9.17, 15) is 10.1 Å². The molecule has 4 heteroatoms. The maximum absolute atomic E-state index is 10.4. The van der Waals surface area contributed by atoms with Gasteiger partial charge in [0.05, 0.1) is 4.92 Å². The van der Waals surface area contributed by atoms with E-state index in [0.717, 1.165) is 11.1 Å². The van der Waals surface area contributed by atoms with Gasteiger partial charge in [-0.25, -0.2) is 0 Å². The van der Waals surface area contributed by atoms with Gasteiger partial charge in [-0.15, -0.1) is 0 Å². The van der Waals surface area contributed by atoms with Crippen molar-refractivity contribution in [2.45, 2.75) is 13.8 Å². The first-order chi connectivity index (χ1) is 5.52. The predicted molar refractivity (Wildman–Crippen MR) is 47.6 cm³/mol. The SMILES string of the molecule is Cc1cc(Cl)c([N+](=O)[O-])cc1C. The molecule has 0 atom stereocenters. The number of nitro benzene ring substituents is 1. The molecule has 64 valence electrons. The first-order valence-electron chi connectivity index (χ1n) is 3.43. The number of rotatable bonds is 1. The number of nitro groups is 1. The van der Waals surface area contributed by atoms with Crippen LogP contribution in [0.25, 0.3) is 0 Å². The molecule has 0 fully saturated rings. The minimum Gasteiger partial charge on any atom is -0.258 e. The van der Waals surface area contributed by atoms with Crippen LogP contribution in [0.5, 0.6) is 0 Å². The van der Waals surface area contributed by atoms with E-state index in [0.29, 0.717) is 0 Å². The van der Waals surface area contributed by atoms with Crippen molar-refractivity contribution in [3.05, 3.63) is 38.4 Å². The number of halogens is 1. The maximum Gasteiger partial charge on any atom is 0.288 e. The molecule has 0 N–H and O–H groups in total. The fraction of sp³-hybridized carbons (Fsp3) is 0.250. The third-order valence-corrected chi connectivity index (χ3v) is 2.06. The summed E-state index contributed by atoms with van der Waals surface area (Å²) in [5, 5.41) is 10.6. The Morgan fingerprint density at radius 2 is 1.83 bits per heavy atom. The summed E-state index contributed by atoms with van der Waals surface area (Å²) in [5.74, 6) is 0. The van der Waals surface area contributed by atoms with Crippen LogP contribution in [0, 0.1) is 24.0 Å². The molecule has 0 aliphatic carbocycles. The topological polar surface area (TPSA) is 43.1 Å². The largest absolute Gasteiger partial charge is 0.288 e. The summed E-state index contributed by atoms with van der Waals surface area (Å²) in [6, 6.07) is 3.09. The quantitative estimate of drug-likeness (QED) is 0.499. The van der Waals surface area contributed by atoms with Gasteiger partial charge < -0.3 is 0 Å². The van der Waals surface area contributed by atoms with Crippen LogP contribution < -0.4 is 0 Å². The van der Waals surface area contributed by atoms with Crippen LogP contribution in [0.2, 0.25) is 5.02 Å². The Labute approximate surface area is 75.1 Å². The summed E-state index contributed by atoms with van der Waals surface area (Å²) >= 11 is 5.65.